The summed E-state index contributed by atoms with van der Waals surface area (Å²) in [6, 6.07) is 15.6. The molecule has 2 amide bonds. The van der Waals surface area contributed by atoms with Crippen LogP contribution in [-0.4, -0.2) is 50.5 Å². The second-order valence-corrected chi connectivity index (χ2v) is 10.6. The molecule has 0 heterocycles. The summed E-state index contributed by atoms with van der Waals surface area (Å²) in [6.45, 7) is 4.14. The summed E-state index contributed by atoms with van der Waals surface area (Å²) in [4.78, 5) is 27.8. The number of sulfonamides is 1. The van der Waals surface area contributed by atoms with Gasteiger partial charge in [0.25, 0.3) is 0 Å². The van der Waals surface area contributed by atoms with Crippen LogP contribution in [0.1, 0.15) is 32.3 Å². The zero-order valence-corrected chi connectivity index (χ0v) is 21.6. The van der Waals surface area contributed by atoms with Crippen molar-refractivity contribution in [3.05, 3.63) is 63.7 Å². The number of hydrogen-bond acceptors (Lipinski definition) is 4. The molecule has 2 aromatic rings. The molecule has 32 heavy (non-hydrogen) atoms. The van der Waals surface area contributed by atoms with Gasteiger partial charge in [-0.1, -0.05) is 44.2 Å². The summed E-state index contributed by atoms with van der Waals surface area (Å²) < 4.78 is 27.1. The van der Waals surface area contributed by atoms with Gasteiger partial charge >= 0.3 is 0 Å². The average Bonchev–Trinajstić information content (AvgIpc) is 2.76. The van der Waals surface area contributed by atoms with Crippen LogP contribution in [0, 0.1) is 3.57 Å². The van der Waals surface area contributed by atoms with Crippen molar-refractivity contribution in [2.45, 2.75) is 39.3 Å². The van der Waals surface area contributed by atoms with Crippen LogP contribution in [0.25, 0.3) is 0 Å². The van der Waals surface area contributed by atoms with E-state index in [1.807, 2.05) is 44.2 Å². The Hall–Kier alpha value is -2.14. The highest BCUT2D eigenvalue weighted by Crippen LogP contribution is 2.21. The lowest BCUT2D eigenvalue weighted by atomic mass is 10.1. The van der Waals surface area contributed by atoms with Crippen LogP contribution in [-0.2, 0) is 26.2 Å². The molecule has 1 atom stereocenters. The van der Waals surface area contributed by atoms with Gasteiger partial charge in [-0.2, -0.15) is 0 Å². The van der Waals surface area contributed by atoms with E-state index in [9.17, 15) is 18.0 Å². The Morgan fingerprint density at radius 2 is 1.66 bits per heavy atom. The minimum atomic E-state index is -3.72. The highest BCUT2D eigenvalue weighted by molar-refractivity contribution is 14.1. The summed E-state index contributed by atoms with van der Waals surface area (Å²) in [6.07, 6.45) is 2.27. The fraction of sp³-hybridized carbons (Fsp3) is 0.391. The van der Waals surface area contributed by atoms with E-state index in [0.29, 0.717) is 18.7 Å². The number of anilines is 1. The molecule has 0 aliphatic rings. The molecule has 7 nitrogen and oxygen atoms in total. The Balaban J connectivity index is 2.38. The molecular weight excluding hydrogens is 541 g/mol. The SMILES string of the molecule is CCCNC(=O)[C@@H](CC)N(Cc1ccccc1)C(=O)CN(c1ccc(I)cc1)S(C)(=O)=O. The number of carbonyl (C=O) groups excluding carboxylic acids is 2. The molecule has 1 N–H and O–H groups in total. The second kappa shape index (κ2) is 12.2. The Morgan fingerprint density at radius 1 is 1.03 bits per heavy atom. The fourth-order valence-electron chi connectivity index (χ4n) is 3.29. The largest absolute Gasteiger partial charge is 0.354 e. The first-order valence-electron chi connectivity index (χ1n) is 10.5. The van der Waals surface area contributed by atoms with Gasteiger partial charge in [0.05, 0.1) is 11.9 Å². The minimum Gasteiger partial charge on any atom is -0.354 e. The number of nitrogens with zero attached hydrogens (tertiary/aromatic N) is 2. The minimum absolute atomic E-state index is 0.210. The third-order valence-corrected chi connectivity index (χ3v) is 6.78. The van der Waals surface area contributed by atoms with Crippen molar-refractivity contribution in [1.29, 1.82) is 0 Å². The molecular formula is C23H30IN3O4S. The monoisotopic (exact) mass is 571 g/mol. The van der Waals surface area contributed by atoms with Crippen molar-refractivity contribution in [1.82, 2.24) is 10.2 Å². The Labute approximate surface area is 204 Å². The van der Waals surface area contributed by atoms with Crippen molar-refractivity contribution in [2.75, 3.05) is 23.7 Å². The molecule has 0 bridgehead atoms. The van der Waals surface area contributed by atoms with Gasteiger partial charge in [0.1, 0.15) is 12.6 Å². The molecule has 0 unspecified atom stereocenters. The zero-order valence-electron chi connectivity index (χ0n) is 18.6. The highest BCUT2D eigenvalue weighted by Gasteiger charge is 2.31. The van der Waals surface area contributed by atoms with Crippen molar-refractivity contribution in [3.8, 4) is 0 Å². The van der Waals surface area contributed by atoms with Gasteiger partial charge in [-0.3, -0.25) is 13.9 Å². The molecule has 9 heteroatoms. The molecule has 0 aliphatic heterocycles. The number of nitrogens with one attached hydrogen (secondary N) is 1. The van der Waals surface area contributed by atoms with Crippen molar-refractivity contribution in [3.63, 3.8) is 0 Å². The van der Waals surface area contributed by atoms with Crippen LogP contribution >= 0.6 is 22.6 Å². The zero-order chi connectivity index (χ0) is 23.7. The lowest BCUT2D eigenvalue weighted by molar-refractivity contribution is -0.140. The average molecular weight is 571 g/mol. The normalized spacial score (nSPS) is 12.1. The molecule has 174 valence electrons. The molecule has 0 aliphatic carbocycles. The number of halogens is 1. The summed E-state index contributed by atoms with van der Waals surface area (Å²) in [5.41, 5.74) is 1.27. The maximum Gasteiger partial charge on any atom is 0.244 e. The fourth-order valence-corrected chi connectivity index (χ4v) is 4.50. The van der Waals surface area contributed by atoms with Gasteiger partial charge in [0, 0.05) is 16.7 Å². The Kier molecular flexibility index (Phi) is 9.95. The van der Waals surface area contributed by atoms with E-state index in [1.54, 1.807) is 24.3 Å². The van der Waals surface area contributed by atoms with E-state index >= 15 is 0 Å². The molecule has 0 fully saturated rings. The lowest BCUT2D eigenvalue weighted by Crippen LogP contribution is -2.52. The van der Waals surface area contributed by atoms with Crippen LogP contribution in [0.4, 0.5) is 5.69 Å². The maximum atomic E-state index is 13.5. The molecule has 0 saturated heterocycles. The lowest BCUT2D eigenvalue weighted by Gasteiger charge is -2.32. The smallest absolute Gasteiger partial charge is 0.244 e. The number of rotatable bonds is 11. The van der Waals surface area contributed by atoms with E-state index in [0.717, 1.165) is 26.1 Å². The van der Waals surface area contributed by atoms with Crippen LogP contribution in [0.2, 0.25) is 0 Å². The van der Waals surface area contributed by atoms with E-state index in [2.05, 4.69) is 27.9 Å². The quantitative estimate of drug-likeness (QED) is 0.419. The number of hydrogen-bond donors (Lipinski definition) is 1. The number of amides is 2. The van der Waals surface area contributed by atoms with E-state index in [4.69, 9.17) is 0 Å². The van der Waals surface area contributed by atoms with Gasteiger partial charge in [0.2, 0.25) is 21.8 Å². The van der Waals surface area contributed by atoms with E-state index in [1.165, 1.54) is 4.90 Å². The van der Waals surface area contributed by atoms with Gasteiger partial charge in [-0.05, 0) is 65.3 Å². The highest BCUT2D eigenvalue weighted by atomic mass is 127. The number of carbonyl (C=O) groups is 2. The van der Waals surface area contributed by atoms with Gasteiger partial charge in [-0.25, -0.2) is 8.42 Å². The molecule has 2 rings (SSSR count). The predicted molar refractivity (Wildman–Crippen MR) is 136 cm³/mol. The van der Waals surface area contributed by atoms with Gasteiger partial charge in [0.15, 0.2) is 0 Å². The number of benzene rings is 2. The molecule has 2 aromatic carbocycles. The topological polar surface area (TPSA) is 86.8 Å². The predicted octanol–water partition coefficient (Wildman–Crippen LogP) is 3.39. The summed E-state index contributed by atoms with van der Waals surface area (Å²) in [5, 5.41) is 2.86. The van der Waals surface area contributed by atoms with Gasteiger partial charge in [-0.15, -0.1) is 0 Å². The Morgan fingerprint density at radius 3 is 2.19 bits per heavy atom. The van der Waals surface area contributed by atoms with Gasteiger partial charge < -0.3 is 10.2 Å². The Bertz CT molecular complexity index is 998. The molecule has 0 spiro atoms. The van der Waals surface area contributed by atoms with Crippen LogP contribution < -0.4 is 9.62 Å². The standard InChI is InChI=1S/C23H30IN3O4S/c1-4-15-25-23(29)21(5-2)26(16-18-9-7-6-8-10-18)22(28)17-27(32(3,30)31)20-13-11-19(24)12-14-20/h6-14,21H,4-5,15-17H2,1-3H3,(H,25,29)/t21-/m1/s1. The summed E-state index contributed by atoms with van der Waals surface area (Å²) in [5.74, 6) is -0.671. The maximum absolute atomic E-state index is 13.5. The third-order valence-electron chi connectivity index (χ3n) is 4.92. The van der Waals surface area contributed by atoms with E-state index in [-0.39, 0.29) is 19.0 Å². The third kappa shape index (κ3) is 7.47. The summed E-state index contributed by atoms with van der Waals surface area (Å²) >= 11 is 2.13. The second-order valence-electron chi connectivity index (χ2n) is 7.47. The molecule has 0 aromatic heterocycles. The van der Waals surface area contributed by atoms with Crippen molar-refractivity contribution >= 4 is 50.1 Å². The van der Waals surface area contributed by atoms with Crippen molar-refractivity contribution in [2.24, 2.45) is 0 Å². The summed E-state index contributed by atoms with van der Waals surface area (Å²) in [7, 11) is -3.72. The molecule has 0 radical (unpaired) electrons. The van der Waals surface area contributed by atoms with Crippen LogP contribution in [0.15, 0.2) is 54.6 Å². The first-order valence-corrected chi connectivity index (χ1v) is 13.4. The molecule has 0 saturated carbocycles. The first-order chi connectivity index (χ1) is 15.2. The van der Waals surface area contributed by atoms with Crippen LogP contribution in [0.3, 0.4) is 0 Å². The van der Waals surface area contributed by atoms with Crippen molar-refractivity contribution < 1.29 is 18.0 Å². The first kappa shape index (κ1) is 26.1. The van der Waals surface area contributed by atoms with Crippen LogP contribution in [0.5, 0.6) is 0 Å². The van der Waals surface area contributed by atoms with E-state index < -0.39 is 22.0 Å².